The quantitative estimate of drug-likeness (QED) is 0.192. The van der Waals surface area contributed by atoms with E-state index in [2.05, 4.69) is 12.2 Å². The molecule has 0 radical (unpaired) electrons. The minimum absolute atomic E-state index is 0.0171. The second kappa shape index (κ2) is 10.9. The van der Waals surface area contributed by atoms with Gasteiger partial charge in [-0.25, -0.2) is 9.78 Å². The SMILES string of the molecule is CCC1CCc2c(sc3nc(SCC(=O)Nc4ccccc4C(=O)OC)n(-c4ccccc4)c(=O)c23)C1. The molecule has 4 aromatic rings. The molecule has 1 atom stereocenters. The van der Waals surface area contributed by atoms with Gasteiger partial charge in [-0.2, -0.15) is 0 Å². The predicted octanol–water partition coefficient (Wildman–Crippen LogP) is 5.48. The molecule has 2 aromatic carbocycles. The highest BCUT2D eigenvalue weighted by Gasteiger charge is 2.26. The molecular formula is C28H27N3O4S2. The third kappa shape index (κ3) is 5.06. The summed E-state index contributed by atoms with van der Waals surface area (Å²) in [6.45, 7) is 2.22. The molecule has 0 aliphatic heterocycles. The van der Waals surface area contributed by atoms with Crippen LogP contribution in [0.25, 0.3) is 15.9 Å². The summed E-state index contributed by atoms with van der Waals surface area (Å²) in [7, 11) is 1.30. The lowest BCUT2D eigenvalue weighted by Crippen LogP contribution is -2.24. The van der Waals surface area contributed by atoms with Crippen molar-refractivity contribution in [3.63, 3.8) is 0 Å². The summed E-state index contributed by atoms with van der Waals surface area (Å²) < 4.78 is 6.43. The van der Waals surface area contributed by atoms with Gasteiger partial charge in [-0.05, 0) is 55.0 Å². The van der Waals surface area contributed by atoms with Gasteiger partial charge in [0.2, 0.25) is 5.91 Å². The van der Waals surface area contributed by atoms with E-state index in [-0.39, 0.29) is 22.8 Å². The number of methoxy groups -OCH3 is 1. The number of para-hydroxylation sites is 2. The molecule has 1 unspecified atom stereocenters. The van der Waals surface area contributed by atoms with Gasteiger partial charge in [-0.1, -0.05) is 55.4 Å². The molecule has 1 amide bonds. The predicted molar refractivity (Wildman–Crippen MR) is 148 cm³/mol. The fourth-order valence-corrected chi connectivity index (χ4v) is 6.91. The molecule has 9 heteroatoms. The highest BCUT2D eigenvalue weighted by atomic mass is 32.2. The van der Waals surface area contributed by atoms with Gasteiger partial charge in [0.1, 0.15) is 4.83 Å². The standard InChI is InChI=1S/C28H27N3O4S2/c1-3-17-13-14-20-22(15-17)37-25-24(20)26(33)31(18-9-5-4-6-10-18)28(30-25)36-16-23(32)29-21-12-8-7-11-19(21)27(34)35-2/h4-12,17H,3,13-16H2,1-2H3,(H,29,32). The maximum atomic E-state index is 13.9. The molecule has 1 N–H and O–H groups in total. The number of nitrogens with zero attached hydrogens (tertiary/aromatic N) is 2. The number of thiophene rings is 1. The van der Waals surface area contributed by atoms with Crippen molar-refractivity contribution in [3.05, 3.63) is 81.0 Å². The van der Waals surface area contributed by atoms with Crippen LogP contribution in [0.15, 0.2) is 64.5 Å². The fraction of sp³-hybridized carbons (Fsp3) is 0.286. The molecule has 2 heterocycles. The normalized spacial score (nSPS) is 14.8. The number of anilines is 1. The second-order valence-corrected chi connectivity index (χ2v) is 11.0. The van der Waals surface area contributed by atoms with E-state index < -0.39 is 5.97 Å². The van der Waals surface area contributed by atoms with Gasteiger partial charge in [0.15, 0.2) is 5.16 Å². The lowest BCUT2D eigenvalue weighted by Gasteiger charge is -2.20. The van der Waals surface area contributed by atoms with E-state index in [0.29, 0.717) is 27.8 Å². The Morgan fingerprint density at radius 2 is 1.92 bits per heavy atom. The van der Waals surface area contributed by atoms with Crippen molar-refractivity contribution >= 4 is 50.9 Å². The first-order valence-corrected chi connectivity index (χ1v) is 14.0. The molecular weight excluding hydrogens is 506 g/mol. The van der Waals surface area contributed by atoms with Crippen molar-refractivity contribution in [2.24, 2.45) is 5.92 Å². The van der Waals surface area contributed by atoms with Crippen LogP contribution in [0.5, 0.6) is 0 Å². The van der Waals surface area contributed by atoms with Gasteiger partial charge in [0, 0.05) is 4.88 Å². The van der Waals surface area contributed by atoms with Crippen LogP contribution in [0.3, 0.4) is 0 Å². The van der Waals surface area contributed by atoms with Crippen molar-refractivity contribution < 1.29 is 14.3 Å². The number of rotatable bonds is 7. The molecule has 37 heavy (non-hydrogen) atoms. The maximum Gasteiger partial charge on any atom is 0.339 e. The second-order valence-electron chi connectivity index (χ2n) is 8.95. The molecule has 7 nitrogen and oxygen atoms in total. The van der Waals surface area contributed by atoms with Crippen molar-refractivity contribution in [2.45, 2.75) is 37.8 Å². The fourth-order valence-electron chi connectivity index (χ4n) is 4.72. The topological polar surface area (TPSA) is 90.3 Å². The zero-order valence-corrected chi connectivity index (χ0v) is 22.3. The summed E-state index contributed by atoms with van der Waals surface area (Å²) in [5, 5.41) is 3.96. The number of thioether (sulfide) groups is 1. The molecule has 190 valence electrons. The van der Waals surface area contributed by atoms with E-state index in [1.54, 1.807) is 40.2 Å². The molecule has 1 aliphatic rings. The van der Waals surface area contributed by atoms with Gasteiger partial charge in [0.25, 0.3) is 5.56 Å². The van der Waals surface area contributed by atoms with E-state index >= 15 is 0 Å². The smallest absolute Gasteiger partial charge is 0.339 e. The number of carbonyl (C=O) groups excluding carboxylic acids is 2. The zero-order chi connectivity index (χ0) is 25.9. The number of aryl methyl sites for hydroxylation is 1. The first-order chi connectivity index (χ1) is 18.0. The molecule has 2 aromatic heterocycles. The number of hydrogen-bond acceptors (Lipinski definition) is 7. The third-order valence-corrected chi connectivity index (χ3v) is 8.77. The van der Waals surface area contributed by atoms with E-state index in [0.717, 1.165) is 36.1 Å². The number of esters is 1. The average Bonchev–Trinajstić information content (AvgIpc) is 3.30. The summed E-state index contributed by atoms with van der Waals surface area (Å²) in [4.78, 5) is 45.7. The maximum absolute atomic E-state index is 13.9. The van der Waals surface area contributed by atoms with E-state index in [1.165, 1.54) is 23.7 Å². The Balaban J connectivity index is 1.48. The zero-order valence-electron chi connectivity index (χ0n) is 20.7. The monoisotopic (exact) mass is 533 g/mol. The van der Waals surface area contributed by atoms with Crippen LogP contribution in [-0.4, -0.2) is 34.3 Å². The lowest BCUT2D eigenvalue weighted by molar-refractivity contribution is -0.113. The third-order valence-electron chi connectivity index (χ3n) is 6.68. The van der Waals surface area contributed by atoms with Gasteiger partial charge < -0.3 is 10.1 Å². The number of ether oxygens (including phenoxy) is 1. The summed E-state index contributed by atoms with van der Waals surface area (Å²) >= 11 is 2.81. The van der Waals surface area contributed by atoms with Crippen molar-refractivity contribution in [3.8, 4) is 5.69 Å². The number of fused-ring (bicyclic) bond motifs is 3. The summed E-state index contributed by atoms with van der Waals surface area (Å²) in [5.41, 5.74) is 2.41. The minimum atomic E-state index is -0.527. The number of benzene rings is 2. The Labute approximate surface area is 222 Å². The van der Waals surface area contributed by atoms with Crippen LogP contribution >= 0.6 is 23.1 Å². The Morgan fingerprint density at radius 1 is 1.16 bits per heavy atom. The van der Waals surface area contributed by atoms with Crippen LogP contribution in [0.4, 0.5) is 5.69 Å². The largest absolute Gasteiger partial charge is 0.465 e. The number of carbonyl (C=O) groups is 2. The molecule has 0 spiro atoms. The van der Waals surface area contributed by atoms with Gasteiger partial charge in [-0.15, -0.1) is 11.3 Å². The van der Waals surface area contributed by atoms with Crippen LogP contribution in [0.2, 0.25) is 0 Å². The summed E-state index contributed by atoms with van der Waals surface area (Å²) in [5.74, 6) is -0.182. The number of hydrogen-bond donors (Lipinski definition) is 1. The first kappa shape index (κ1) is 25.2. The molecule has 5 rings (SSSR count). The number of amides is 1. The molecule has 1 aliphatic carbocycles. The van der Waals surface area contributed by atoms with E-state index in [4.69, 9.17) is 9.72 Å². The minimum Gasteiger partial charge on any atom is -0.465 e. The highest BCUT2D eigenvalue weighted by Crippen LogP contribution is 2.38. The van der Waals surface area contributed by atoms with Crippen molar-refractivity contribution in [2.75, 3.05) is 18.2 Å². The van der Waals surface area contributed by atoms with Gasteiger partial charge in [-0.3, -0.25) is 14.2 Å². The Hall–Kier alpha value is -3.43. The highest BCUT2D eigenvalue weighted by molar-refractivity contribution is 7.99. The Morgan fingerprint density at radius 3 is 2.68 bits per heavy atom. The van der Waals surface area contributed by atoms with Crippen LogP contribution in [0, 0.1) is 5.92 Å². The van der Waals surface area contributed by atoms with E-state index in [9.17, 15) is 14.4 Å². The van der Waals surface area contributed by atoms with E-state index in [1.807, 2.05) is 30.3 Å². The number of nitrogens with one attached hydrogen (secondary N) is 1. The average molecular weight is 534 g/mol. The molecule has 0 saturated heterocycles. The first-order valence-electron chi connectivity index (χ1n) is 12.2. The molecule has 0 saturated carbocycles. The van der Waals surface area contributed by atoms with Crippen molar-refractivity contribution in [1.82, 2.24) is 9.55 Å². The van der Waals surface area contributed by atoms with Crippen LogP contribution in [0.1, 0.15) is 40.6 Å². The van der Waals surface area contributed by atoms with Crippen molar-refractivity contribution in [1.29, 1.82) is 0 Å². The van der Waals surface area contributed by atoms with Gasteiger partial charge in [0.05, 0.1) is 35.2 Å². The van der Waals surface area contributed by atoms with Crippen LogP contribution in [-0.2, 0) is 22.4 Å². The summed E-state index contributed by atoms with van der Waals surface area (Å²) in [6.07, 6.45) is 4.10. The van der Waals surface area contributed by atoms with Gasteiger partial charge >= 0.3 is 5.97 Å². The number of aromatic nitrogens is 2. The molecule has 0 bridgehead atoms. The summed E-state index contributed by atoms with van der Waals surface area (Å²) in [6, 6.07) is 16.1. The lowest BCUT2D eigenvalue weighted by atomic mass is 9.86. The Kier molecular flexibility index (Phi) is 7.43. The Bertz CT molecular complexity index is 1530. The van der Waals surface area contributed by atoms with Crippen LogP contribution < -0.4 is 10.9 Å². The molecule has 0 fully saturated rings.